The fourth-order valence-electron chi connectivity index (χ4n) is 2.43. The zero-order chi connectivity index (χ0) is 14.1. The van der Waals surface area contributed by atoms with Gasteiger partial charge in [-0.05, 0) is 24.8 Å². The molecule has 5 nitrogen and oxygen atoms in total. The van der Waals surface area contributed by atoms with Gasteiger partial charge in [-0.2, -0.15) is 0 Å². The van der Waals surface area contributed by atoms with Crippen LogP contribution < -0.4 is 16.8 Å². The SMILES string of the molecule is NC(=O)c1cnc2ccccc2c1NCC(N)C1CC1. The second-order valence-electron chi connectivity index (χ2n) is 5.31. The average molecular weight is 270 g/mol. The first-order valence-electron chi connectivity index (χ1n) is 6.84. The van der Waals surface area contributed by atoms with Gasteiger partial charge in [0.25, 0.3) is 5.91 Å². The highest BCUT2D eigenvalue weighted by Crippen LogP contribution is 2.32. The van der Waals surface area contributed by atoms with Crippen LogP contribution in [-0.4, -0.2) is 23.5 Å². The lowest BCUT2D eigenvalue weighted by molar-refractivity contribution is 0.100. The molecule has 1 aliphatic carbocycles. The van der Waals surface area contributed by atoms with Crippen LogP contribution in [0.25, 0.3) is 10.9 Å². The Bertz CT molecular complexity index is 651. The number of primary amides is 1. The summed E-state index contributed by atoms with van der Waals surface area (Å²) in [5, 5.41) is 4.19. The third kappa shape index (κ3) is 2.44. The molecule has 0 aliphatic heterocycles. The number of rotatable bonds is 5. The van der Waals surface area contributed by atoms with Crippen molar-refractivity contribution in [3.8, 4) is 0 Å². The minimum Gasteiger partial charge on any atom is -0.382 e. The molecule has 1 unspecified atom stereocenters. The van der Waals surface area contributed by atoms with Gasteiger partial charge < -0.3 is 16.8 Å². The maximum Gasteiger partial charge on any atom is 0.252 e. The number of fused-ring (bicyclic) bond motifs is 1. The van der Waals surface area contributed by atoms with E-state index in [9.17, 15) is 4.79 Å². The van der Waals surface area contributed by atoms with E-state index in [1.165, 1.54) is 19.0 Å². The first kappa shape index (κ1) is 12.9. The molecule has 20 heavy (non-hydrogen) atoms. The highest BCUT2D eigenvalue weighted by atomic mass is 16.1. The number of hydrogen-bond acceptors (Lipinski definition) is 4. The lowest BCUT2D eigenvalue weighted by Crippen LogP contribution is -2.31. The average Bonchev–Trinajstić information content (AvgIpc) is 3.28. The van der Waals surface area contributed by atoms with Crippen LogP contribution in [0.4, 0.5) is 5.69 Å². The highest BCUT2D eigenvalue weighted by Gasteiger charge is 2.28. The Morgan fingerprint density at radius 1 is 1.40 bits per heavy atom. The number of para-hydroxylation sites is 1. The summed E-state index contributed by atoms with van der Waals surface area (Å²) in [6.45, 7) is 0.638. The minimum atomic E-state index is -0.481. The Morgan fingerprint density at radius 3 is 2.85 bits per heavy atom. The number of aromatic nitrogens is 1. The molecule has 0 bridgehead atoms. The summed E-state index contributed by atoms with van der Waals surface area (Å²) in [5.74, 6) is 0.123. The smallest absolute Gasteiger partial charge is 0.252 e. The Balaban J connectivity index is 1.96. The molecule has 1 saturated carbocycles. The predicted octanol–water partition coefficient (Wildman–Crippen LogP) is 1.48. The maximum absolute atomic E-state index is 11.6. The van der Waals surface area contributed by atoms with E-state index in [4.69, 9.17) is 11.5 Å². The summed E-state index contributed by atoms with van der Waals surface area (Å²) in [4.78, 5) is 15.8. The fourth-order valence-corrected chi connectivity index (χ4v) is 2.43. The second-order valence-corrected chi connectivity index (χ2v) is 5.31. The van der Waals surface area contributed by atoms with Crippen LogP contribution in [0.3, 0.4) is 0 Å². The number of pyridine rings is 1. The van der Waals surface area contributed by atoms with Gasteiger partial charge in [-0.15, -0.1) is 0 Å². The summed E-state index contributed by atoms with van der Waals surface area (Å²) in [6, 6.07) is 7.79. The van der Waals surface area contributed by atoms with Crippen LogP contribution in [0.2, 0.25) is 0 Å². The molecule has 1 atom stereocenters. The third-order valence-corrected chi connectivity index (χ3v) is 3.78. The second kappa shape index (κ2) is 5.09. The number of carbonyl (C=O) groups excluding carboxylic acids is 1. The monoisotopic (exact) mass is 270 g/mol. The van der Waals surface area contributed by atoms with Crippen LogP contribution in [0.5, 0.6) is 0 Å². The summed E-state index contributed by atoms with van der Waals surface area (Å²) < 4.78 is 0. The molecule has 0 spiro atoms. The minimum absolute atomic E-state index is 0.114. The quantitative estimate of drug-likeness (QED) is 0.767. The van der Waals surface area contributed by atoms with E-state index in [-0.39, 0.29) is 6.04 Å². The molecular weight excluding hydrogens is 252 g/mol. The van der Waals surface area contributed by atoms with E-state index in [0.717, 1.165) is 16.6 Å². The molecule has 5 N–H and O–H groups in total. The van der Waals surface area contributed by atoms with Gasteiger partial charge in [0.2, 0.25) is 0 Å². The van der Waals surface area contributed by atoms with Gasteiger partial charge >= 0.3 is 0 Å². The van der Waals surface area contributed by atoms with Crippen LogP contribution in [-0.2, 0) is 0 Å². The van der Waals surface area contributed by atoms with Gasteiger partial charge in [-0.3, -0.25) is 9.78 Å². The first-order chi connectivity index (χ1) is 9.66. The molecule has 2 aromatic rings. The van der Waals surface area contributed by atoms with Crippen molar-refractivity contribution in [3.05, 3.63) is 36.0 Å². The zero-order valence-electron chi connectivity index (χ0n) is 11.2. The van der Waals surface area contributed by atoms with E-state index in [0.29, 0.717) is 18.0 Å². The van der Waals surface area contributed by atoms with E-state index >= 15 is 0 Å². The van der Waals surface area contributed by atoms with Crippen molar-refractivity contribution in [2.45, 2.75) is 18.9 Å². The van der Waals surface area contributed by atoms with Crippen LogP contribution >= 0.6 is 0 Å². The van der Waals surface area contributed by atoms with E-state index in [1.807, 2.05) is 24.3 Å². The Kier molecular flexibility index (Phi) is 3.28. The van der Waals surface area contributed by atoms with Gasteiger partial charge in [-0.25, -0.2) is 0 Å². The molecule has 0 radical (unpaired) electrons. The van der Waals surface area contributed by atoms with Crippen molar-refractivity contribution >= 4 is 22.5 Å². The third-order valence-electron chi connectivity index (χ3n) is 3.78. The largest absolute Gasteiger partial charge is 0.382 e. The van der Waals surface area contributed by atoms with Crippen LogP contribution in [0.15, 0.2) is 30.5 Å². The number of benzene rings is 1. The summed E-state index contributed by atoms with van der Waals surface area (Å²) in [7, 11) is 0. The predicted molar refractivity (Wildman–Crippen MR) is 79.5 cm³/mol. The summed E-state index contributed by atoms with van der Waals surface area (Å²) >= 11 is 0. The molecular formula is C15H18N4O. The Morgan fingerprint density at radius 2 is 2.15 bits per heavy atom. The van der Waals surface area contributed by atoms with Gasteiger partial charge in [0.15, 0.2) is 0 Å². The first-order valence-corrected chi connectivity index (χ1v) is 6.84. The van der Waals surface area contributed by atoms with Crippen molar-refractivity contribution in [1.29, 1.82) is 0 Å². The van der Waals surface area contributed by atoms with Crippen molar-refractivity contribution < 1.29 is 4.79 Å². The number of hydrogen-bond donors (Lipinski definition) is 3. The fraction of sp³-hybridized carbons (Fsp3) is 0.333. The maximum atomic E-state index is 11.6. The zero-order valence-corrected chi connectivity index (χ0v) is 11.2. The number of anilines is 1. The molecule has 1 fully saturated rings. The van der Waals surface area contributed by atoms with Gasteiger partial charge in [0.05, 0.1) is 16.8 Å². The molecule has 3 rings (SSSR count). The van der Waals surface area contributed by atoms with Crippen molar-refractivity contribution in [3.63, 3.8) is 0 Å². The lowest BCUT2D eigenvalue weighted by atomic mass is 10.1. The van der Waals surface area contributed by atoms with Crippen molar-refractivity contribution in [2.24, 2.45) is 17.4 Å². The molecule has 5 heteroatoms. The normalized spacial score (nSPS) is 16.1. The van der Waals surface area contributed by atoms with Gasteiger partial charge in [0, 0.05) is 24.2 Å². The van der Waals surface area contributed by atoms with Crippen LogP contribution in [0.1, 0.15) is 23.2 Å². The number of carbonyl (C=O) groups is 1. The molecule has 1 amide bonds. The van der Waals surface area contributed by atoms with Gasteiger partial charge in [-0.1, -0.05) is 18.2 Å². The van der Waals surface area contributed by atoms with Crippen molar-refractivity contribution in [2.75, 3.05) is 11.9 Å². The van der Waals surface area contributed by atoms with E-state index in [2.05, 4.69) is 10.3 Å². The highest BCUT2D eigenvalue weighted by molar-refractivity contribution is 6.06. The Labute approximate surface area is 117 Å². The van der Waals surface area contributed by atoms with Crippen LogP contribution in [0, 0.1) is 5.92 Å². The summed E-state index contributed by atoms with van der Waals surface area (Å²) in [5.41, 5.74) is 13.5. The summed E-state index contributed by atoms with van der Waals surface area (Å²) in [6.07, 6.45) is 3.92. The number of nitrogens with zero attached hydrogens (tertiary/aromatic N) is 1. The standard InChI is InChI=1S/C15H18N4O/c16-12(9-5-6-9)8-19-14-10-3-1-2-4-13(10)18-7-11(14)15(17)20/h1-4,7,9,12H,5-6,8,16H2,(H2,17,20)(H,18,19). The molecule has 104 valence electrons. The topological polar surface area (TPSA) is 94.0 Å². The molecule has 1 heterocycles. The van der Waals surface area contributed by atoms with E-state index in [1.54, 1.807) is 0 Å². The molecule has 1 aromatic carbocycles. The molecule has 1 aliphatic rings. The van der Waals surface area contributed by atoms with Gasteiger partial charge in [0.1, 0.15) is 0 Å². The Hall–Kier alpha value is -2.14. The number of nitrogens with two attached hydrogens (primary N) is 2. The lowest BCUT2D eigenvalue weighted by Gasteiger charge is -2.16. The number of nitrogens with one attached hydrogen (secondary N) is 1. The molecule has 1 aromatic heterocycles. The molecule has 0 saturated heterocycles. The van der Waals surface area contributed by atoms with E-state index < -0.39 is 5.91 Å². The van der Waals surface area contributed by atoms with Crippen molar-refractivity contribution in [1.82, 2.24) is 4.98 Å². The number of amides is 1.